The summed E-state index contributed by atoms with van der Waals surface area (Å²) in [6, 6.07) is 3.66. The van der Waals surface area contributed by atoms with Gasteiger partial charge in [-0.15, -0.1) is 12.4 Å². The molecular formula is C13H16BrClF3N. The Morgan fingerprint density at radius 2 is 1.74 bits per heavy atom. The van der Waals surface area contributed by atoms with Gasteiger partial charge >= 0.3 is 6.18 Å². The van der Waals surface area contributed by atoms with Crippen LogP contribution in [0.1, 0.15) is 42.9 Å². The molecule has 1 atom stereocenters. The summed E-state index contributed by atoms with van der Waals surface area (Å²) in [4.78, 5) is 0. The maximum Gasteiger partial charge on any atom is 0.416 e. The van der Waals surface area contributed by atoms with Crippen LogP contribution in [0.3, 0.4) is 0 Å². The van der Waals surface area contributed by atoms with Crippen LogP contribution in [0.15, 0.2) is 22.7 Å². The minimum Gasteiger partial charge on any atom is -0.324 e. The molecule has 1 aliphatic rings. The summed E-state index contributed by atoms with van der Waals surface area (Å²) in [6.45, 7) is 0. The Balaban J connectivity index is 0.00000180. The number of rotatable bonds is 2. The second-order valence-electron chi connectivity index (χ2n) is 4.84. The lowest BCUT2D eigenvalue weighted by Crippen LogP contribution is -2.20. The Morgan fingerprint density at radius 1 is 1.16 bits per heavy atom. The van der Waals surface area contributed by atoms with Crippen molar-refractivity contribution in [2.45, 2.75) is 37.9 Å². The number of nitrogens with two attached hydrogens (primary N) is 1. The highest BCUT2D eigenvalue weighted by molar-refractivity contribution is 9.10. The van der Waals surface area contributed by atoms with E-state index in [-0.39, 0.29) is 18.4 Å². The van der Waals surface area contributed by atoms with Crippen LogP contribution >= 0.6 is 28.3 Å². The van der Waals surface area contributed by atoms with Crippen LogP contribution in [0.2, 0.25) is 0 Å². The zero-order valence-electron chi connectivity index (χ0n) is 10.2. The Labute approximate surface area is 125 Å². The highest BCUT2D eigenvalue weighted by Gasteiger charge is 2.32. The minimum atomic E-state index is -4.33. The average molecular weight is 359 g/mol. The van der Waals surface area contributed by atoms with Crippen molar-refractivity contribution in [3.8, 4) is 0 Å². The number of hydrogen-bond donors (Lipinski definition) is 1. The first-order chi connectivity index (χ1) is 8.38. The van der Waals surface area contributed by atoms with Crippen molar-refractivity contribution in [2.24, 2.45) is 11.7 Å². The summed E-state index contributed by atoms with van der Waals surface area (Å²) in [5.74, 6) is 0.306. The van der Waals surface area contributed by atoms with Crippen LogP contribution < -0.4 is 5.73 Å². The fourth-order valence-corrected chi connectivity index (χ4v) is 3.07. The topological polar surface area (TPSA) is 26.0 Å². The van der Waals surface area contributed by atoms with Gasteiger partial charge in [0.1, 0.15) is 0 Å². The van der Waals surface area contributed by atoms with Gasteiger partial charge in [0.2, 0.25) is 0 Å². The zero-order valence-corrected chi connectivity index (χ0v) is 12.6. The first-order valence-electron chi connectivity index (χ1n) is 6.01. The molecule has 0 unspecified atom stereocenters. The molecule has 1 aliphatic carbocycles. The molecule has 1 nitrogen and oxygen atoms in total. The molecule has 0 spiro atoms. The van der Waals surface area contributed by atoms with E-state index in [4.69, 9.17) is 5.73 Å². The average Bonchev–Trinajstić information content (AvgIpc) is 2.79. The van der Waals surface area contributed by atoms with Crippen LogP contribution in [-0.4, -0.2) is 0 Å². The normalized spacial score (nSPS) is 18.2. The van der Waals surface area contributed by atoms with Crippen LogP contribution in [0.5, 0.6) is 0 Å². The molecule has 1 aromatic carbocycles. The monoisotopic (exact) mass is 357 g/mol. The fraction of sp³-hybridized carbons (Fsp3) is 0.538. The van der Waals surface area contributed by atoms with Gasteiger partial charge in [-0.3, -0.25) is 0 Å². The van der Waals surface area contributed by atoms with E-state index >= 15 is 0 Å². The molecular weight excluding hydrogens is 343 g/mol. The molecule has 1 fully saturated rings. The first-order valence-corrected chi connectivity index (χ1v) is 6.80. The summed E-state index contributed by atoms with van der Waals surface area (Å²) in [5, 5.41) is 0. The maximum atomic E-state index is 12.7. The molecule has 2 rings (SSSR count). The SMILES string of the molecule is Cl.N[C@@H](c1cc(Br)cc(C(F)(F)F)c1)C1CCCC1. The van der Waals surface area contributed by atoms with Gasteiger partial charge in [0.15, 0.2) is 0 Å². The van der Waals surface area contributed by atoms with E-state index < -0.39 is 11.7 Å². The lowest BCUT2D eigenvalue weighted by molar-refractivity contribution is -0.137. The largest absolute Gasteiger partial charge is 0.416 e. The molecule has 0 amide bonds. The van der Waals surface area contributed by atoms with Crippen molar-refractivity contribution in [1.29, 1.82) is 0 Å². The lowest BCUT2D eigenvalue weighted by atomic mass is 9.91. The van der Waals surface area contributed by atoms with Gasteiger partial charge in [0.25, 0.3) is 0 Å². The highest BCUT2D eigenvalue weighted by Crippen LogP contribution is 2.38. The van der Waals surface area contributed by atoms with E-state index in [2.05, 4.69) is 15.9 Å². The second kappa shape index (κ2) is 6.46. The molecule has 19 heavy (non-hydrogen) atoms. The van der Waals surface area contributed by atoms with Gasteiger partial charge in [0.05, 0.1) is 5.56 Å². The van der Waals surface area contributed by atoms with E-state index in [1.54, 1.807) is 6.07 Å². The number of alkyl halides is 3. The predicted molar refractivity (Wildman–Crippen MR) is 75.3 cm³/mol. The van der Waals surface area contributed by atoms with Crippen LogP contribution in [-0.2, 0) is 6.18 Å². The molecule has 6 heteroatoms. The zero-order chi connectivity index (χ0) is 13.3. The molecule has 0 saturated heterocycles. The third-order valence-electron chi connectivity index (χ3n) is 3.54. The first kappa shape index (κ1) is 16.8. The van der Waals surface area contributed by atoms with Crippen molar-refractivity contribution >= 4 is 28.3 Å². The van der Waals surface area contributed by atoms with Crippen LogP contribution in [0.4, 0.5) is 13.2 Å². The molecule has 1 aromatic rings. The summed E-state index contributed by atoms with van der Waals surface area (Å²) in [5.41, 5.74) is 6.03. The second-order valence-corrected chi connectivity index (χ2v) is 5.76. The molecule has 108 valence electrons. The summed E-state index contributed by atoms with van der Waals surface area (Å²) in [7, 11) is 0. The highest BCUT2D eigenvalue weighted by atomic mass is 79.9. The third kappa shape index (κ3) is 4.10. The quantitative estimate of drug-likeness (QED) is 0.784. The van der Waals surface area contributed by atoms with Crippen molar-refractivity contribution in [3.63, 3.8) is 0 Å². The number of benzene rings is 1. The van der Waals surface area contributed by atoms with Crippen molar-refractivity contribution in [2.75, 3.05) is 0 Å². The third-order valence-corrected chi connectivity index (χ3v) is 4.00. The van der Waals surface area contributed by atoms with Gasteiger partial charge in [-0.2, -0.15) is 13.2 Å². The fourth-order valence-electron chi connectivity index (χ4n) is 2.56. The predicted octanol–water partition coefficient (Wildman–Crippen LogP) is 5.08. The maximum absolute atomic E-state index is 12.7. The van der Waals surface area contributed by atoms with E-state index in [0.29, 0.717) is 16.0 Å². The summed E-state index contributed by atoms with van der Waals surface area (Å²) < 4.78 is 38.6. The minimum absolute atomic E-state index is 0. The molecule has 0 radical (unpaired) electrons. The van der Waals surface area contributed by atoms with Gasteiger partial charge in [0, 0.05) is 10.5 Å². The standard InChI is InChI=1S/C13H15BrF3N.ClH/c14-11-6-9(5-10(7-11)13(15,16)17)12(18)8-3-1-2-4-8;/h5-8,12H,1-4,18H2;1H/t12-;/m1./s1. The van der Waals surface area contributed by atoms with Crippen LogP contribution in [0, 0.1) is 5.92 Å². The lowest BCUT2D eigenvalue weighted by Gasteiger charge is -2.20. The van der Waals surface area contributed by atoms with Gasteiger partial charge in [-0.25, -0.2) is 0 Å². The van der Waals surface area contributed by atoms with E-state index in [1.165, 1.54) is 6.07 Å². The Bertz CT molecular complexity index is 430. The molecule has 2 N–H and O–H groups in total. The Morgan fingerprint density at radius 3 is 2.26 bits per heavy atom. The van der Waals surface area contributed by atoms with E-state index in [9.17, 15) is 13.2 Å². The molecule has 0 aliphatic heterocycles. The van der Waals surface area contributed by atoms with Gasteiger partial charge in [-0.1, -0.05) is 28.8 Å². The Kier molecular flexibility index (Phi) is 5.71. The summed E-state index contributed by atoms with van der Waals surface area (Å²) >= 11 is 3.13. The number of halogens is 5. The Hall–Kier alpha value is -0.260. The molecule has 0 heterocycles. The summed E-state index contributed by atoms with van der Waals surface area (Å²) in [6.07, 6.45) is -0.0605. The molecule has 1 saturated carbocycles. The van der Waals surface area contributed by atoms with Gasteiger partial charge < -0.3 is 5.73 Å². The number of hydrogen-bond acceptors (Lipinski definition) is 1. The molecule has 0 aromatic heterocycles. The van der Waals surface area contributed by atoms with E-state index in [0.717, 1.165) is 31.7 Å². The van der Waals surface area contributed by atoms with Crippen LogP contribution in [0.25, 0.3) is 0 Å². The van der Waals surface area contributed by atoms with Crippen molar-refractivity contribution in [1.82, 2.24) is 0 Å². The van der Waals surface area contributed by atoms with E-state index in [1.807, 2.05) is 0 Å². The smallest absolute Gasteiger partial charge is 0.324 e. The van der Waals surface area contributed by atoms with Crippen molar-refractivity contribution in [3.05, 3.63) is 33.8 Å². The molecule has 0 bridgehead atoms. The van der Waals surface area contributed by atoms with Gasteiger partial charge in [-0.05, 0) is 42.5 Å². The van der Waals surface area contributed by atoms with Crippen molar-refractivity contribution < 1.29 is 13.2 Å².